The lowest BCUT2D eigenvalue weighted by Gasteiger charge is -2.06. The van der Waals surface area contributed by atoms with Crippen LogP contribution in [0.25, 0.3) is 0 Å². The van der Waals surface area contributed by atoms with Crippen molar-refractivity contribution in [2.75, 3.05) is 0 Å². The average Bonchev–Trinajstić information content (AvgIpc) is 2.67. The predicted molar refractivity (Wildman–Crippen MR) is 69.1 cm³/mol. The number of hydrogen-bond acceptors (Lipinski definition) is 3. The van der Waals surface area contributed by atoms with E-state index in [4.69, 9.17) is 4.74 Å². The van der Waals surface area contributed by atoms with Crippen LogP contribution in [0.4, 0.5) is 0 Å². The molecule has 0 saturated carbocycles. The summed E-state index contributed by atoms with van der Waals surface area (Å²) in [4.78, 5) is 11.6. The molecule has 2 rings (SSSR count). The zero-order valence-corrected chi connectivity index (χ0v) is 10.8. The highest BCUT2D eigenvalue weighted by Crippen LogP contribution is 2.22. The second-order valence-corrected chi connectivity index (χ2v) is 4.15. The third-order valence-electron chi connectivity index (χ3n) is 2.66. The molecule has 18 heavy (non-hydrogen) atoms. The van der Waals surface area contributed by atoms with E-state index < -0.39 is 0 Å². The van der Waals surface area contributed by atoms with Crippen LogP contribution >= 0.6 is 0 Å². The predicted octanol–water partition coefficient (Wildman–Crippen LogP) is 3.11. The van der Waals surface area contributed by atoms with Gasteiger partial charge in [-0.2, -0.15) is 5.10 Å². The Morgan fingerprint density at radius 1 is 1.39 bits per heavy atom. The van der Waals surface area contributed by atoms with Crippen LogP contribution in [-0.4, -0.2) is 15.6 Å². The van der Waals surface area contributed by atoms with Crippen molar-refractivity contribution in [1.29, 1.82) is 0 Å². The van der Waals surface area contributed by atoms with Crippen molar-refractivity contribution in [2.45, 2.75) is 20.3 Å². The molecule has 0 saturated heterocycles. The van der Waals surface area contributed by atoms with Gasteiger partial charge in [0.2, 0.25) is 5.88 Å². The molecule has 0 unspecified atom stereocenters. The molecule has 1 heterocycles. The van der Waals surface area contributed by atoms with E-state index in [1.165, 1.54) is 0 Å². The fourth-order valence-corrected chi connectivity index (χ4v) is 1.74. The largest absolute Gasteiger partial charge is 0.439 e. The number of benzene rings is 1. The van der Waals surface area contributed by atoms with Crippen LogP contribution in [0.5, 0.6) is 11.6 Å². The summed E-state index contributed by atoms with van der Waals surface area (Å²) in [7, 11) is 1.82. The third kappa shape index (κ3) is 2.59. The maximum Gasteiger partial charge on any atom is 0.217 e. The maximum absolute atomic E-state index is 11.6. The zero-order chi connectivity index (χ0) is 13.1. The van der Waals surface area contributed by atoms with Gasteiger partial charge in [-0.1, -0.05) is 19.1 Å². The number of nitrogens with zero attached hydrogens (tertiary/aromatic N) is 2. The van der Waals surface area contributed by atoms with Crippen molar-refractivity contribution in [3.05, 3.63) is 41.6 Å². The molecule has 0 N–H and O–H groups in total. The molecule has 4 heteroatoms. The highest BCUT2D eigenvalue weighted by Gasteiger charge is 2.07. The SMILES string of the molecule is CCC(=O)c1cccc(Oc2cc(C)nn2C)c1. The lowest BCUT2D eigenvalue weighted by atomic mass is 10.1. The molecule has 0 aliphatic heterocycles. The Kier molecular flexibility index (Phi) is 3.46. The normalized spacial score (nSPS) is 10.4. The number of Topliss-reactive ketones (excluding diaryl/α,β-unsaturated/α-hetero) is 1. The van der Waals surface area contributed by atoms with E-state index in [1.807, 2.05) is 39.1 Å². The van der Waals surface area contributed by atoms with Gasteiger partial charge in [0, 0.05) is 25.1 Å². The first-order valence-corrected chi connectivity index (χ1v) is 5.92. The number of carbonyl (C=O) groups is 1. The summed E-state index contributed by atoms with van der Waals surface area (Å²) >= 11 is 0. The van der Waals surface area contributed by atoms with E-state index in [2.05, 4.69) is 5.10 Å². The van der Waals surface area contributed by atoms with E-state index in [0.29, 0.717) is 23.6 Å². The van der Waals surface area contributed by atoms with Crippen LogP contribution in [-0.2, 0) is 7.05 Å². The van der Waals surface area contributed by atoms with E-state index in [-0.39, 0.29) is 5.78 Å². The Bertz CT molecular complexity index is 573. The molecule has 0 aliphatic rings. The smallest absolute Gasteiger partial charge is 0.217 e. The summed E-state index contributed by atoms with van der Waals surface area (Å²) in [6.45, 7) is 3.75. The Morgan fingerprint density at radius 2 is 2.17 bits per heavy atom. The van der Waals surface area contributed by atoms with Crippen molar-refractivity contribution in [2.24, 2.45) is 7.05 Å². The minimum absolute atomic E-state index is 0.113. The van der Waals surface area contributed by atoms with Crippen molar-refractivity contribution in [1.82, 2.24) is 9.78 Å². The van der Waals surface area contributed by atoms with Crippen molar-refractivity contribution >= 4 is 5.78 Å². The summed E-state index contributed by atoms with van der Waals surface area (Å²) in [6.07, 6.45) is 0.494. The molecule has 1 aromatic carbocycles. The Labute approximate surface area is 106 Å². The highest BCUT2D eigenvalue weighted by molar-refractivity contribution is 5.96. The first kappa shape index (κ1) is 12.4. The fourth-order valence-electron chi connectivity index (χ4n) is 1.74. The van der Waals surface area contributed by atoms with Gasteiger partial charge in [-0.15, -0.1) is 0 Å². The van der Waals surface area contributed by atoms with Crippen LogP contribution in [0, 0.1) is 6.92 Å². The number of aryl methyl sites for hydroxylation is 2. The van der Waals surface area contributed by atoms with E-state index in [9.17, 15) is 4.79 Å². The van der Waals surface area contributed by atoms with Gasteiger partial charge in [0.15, 0.2) is 5.78 Å². The Balaban J connectivity index is 2.24. The Morgan fingerprint density at radius 3 is 2.78 bits per heavy atom. The van der Waals surface area contributed by atoms with Crippen LogP contribution in [0.15, 0.2) is 30.3 Å². The number of ketones is 1. The second kappa shape index (κ2) is 5.04. The first-order valence-electron chi connectivity index (χ1n) is 5.92. The first-order chi connectivity index (χ1) is 8.60. The van der Waals surface area contributed by atoms with Gasteiger partial charge in [0.25, 0.3) is 0 Å². The zero-order valence-electron chi connectivity index (χ0n) is 10.8. The van der Waals surface area contributed by atoms with Crippen LogP contribution in [0.1, 0.15) is 29.4 Å². The molecule has 0 bridgehead atoms. The standard InChI is InChI=1S/C14H16N2O2/c1-4-13(17)11-6-5-7-12(9-11)18-14-8-10(2)15-16(14)3/h5-9H,4H2,1-3H3. The quantitative estimate of drug-likeness (QED) is 0.776. The molecular formula is C14H16N2O2. The molecule has 0 amide bonds. The van der Waals surface area contributed by atoms with Gasteiger partial charge in [-0.05, 0) is 19.1 Å². The molecule has 0 aliphatic carbocycles. The lowest BCUT2D eigenvalue weighted by Crippen LogP contribution is -1.98. The third-order valence-corrected chi connectivity index (χ3v) is 2.66. The van der Waals surface area contributed by atoms with Gasteiger partial charge in [0.1, 0.15) is 5.75 Å². The number of ether oxygens (including phenoxy) is 1. The van der Waals surface area contributed by atoms with Gasteiger partial charge in [-0.3, -0.25) is 4.79 Å². The average molecular weight is 244 g/mol. The molecule has 0 atom stereocenters. The van der Waals surface area contributed by atoms with Gasteiger partial charge in [-0.25, -0.2) is 4.68 Å². The molecular weight excluding hydrogens is 228 g/mol. The number of hydrogen-bond donors (Lipinski definition) is 0. The molecule has 0 spiro atoms. The summed E-state index contributed by atoms with van der Waals surface area (Å²) in [6, 6.07) is 9.06. The second-order valence-electron chi connectivity index (χ2n) is 4.15. The summed E-state index contributed by atoms with van der Waals surface area (Å²) in [5, 5.41) is 4.21. The molecule has 1 aromatic heterocycles. The van der Waals surface area contributed by atoms with E-state index in [0.717, 1.165) is 5.69 Å². The van der Waals surface area contributed by atoms with Gasteiger partial charge >= 0.3 is 0 Å². The summed E-state index contributed by atoms with van der Waals surface area (Å²) in [5.74, 6) is 1.42. The lowest BCUT2D eigenvalue weighted by molar-refractivity contribution is 0.0988. The minimum Gasteiger partial charge on any atom is -0.439 e. The van der Waals surface area contributed by atoms with Crippen molar-refractivity contribution < 1.29 is 9.53 Å². The number of carbonyl (C=O) groups excluding carboxylic acids is 1. The van der Waals surface area contributed by atoms with E-state index in [1.54, 1.807) is 16.8 Å². The number of rotatable bonds is 4. The Hall–Kier alpha value is -2.10. The molecule has 94 valence electrons. The molecule has 0 fully saturated rings. The van der Waals surface area contributed by atoms with Gasteiger partial charge < -0.3 is 4.74 Å². The van der Waals surface area contributed by atoms with Crippen LogP contribution < -0.4 is 4.74 Å². The van der Waals surface area contributed by atoms with Crippen molar-refractivity contribution in [3.63, 3.8) is 0 Å². The summed E-state index contributed by atoms with van der Waals surface area (Å²) < 4.78 is 7.38. The molecule has 2 aromatic rings. The fraction of sp³-hybridized carbons (Fsp3) is 0.286. The van der Waals surface area contributed by atoms with Crippen LogP contribution in [0.2, 0.25) is 0 Å². The minimum atomic E-state index is 0.113. The van der Waals surface area contributed by atoms with E-state index >= 15 is 0 Å². The monoisotopic (exact) mass is 244 g/mol. The van der Waals surface area contributed by atoms with Crippen molar-refractivity contribution in [3.8, 4) is 11.6 Å². The maximum atomic E-state index is 11.6. The summed E-state index contributed by atoms with van der Waals surface area (Å²) in [5.41, 5.74) is 1.57. The van der Waals surface area contributed by atoms with Crippen LogP contribution in [0.3, 0.4) is 0 Å². The van der Waals surface area contributed by atoms with Gasteiger partial charge in [0.05, 0.1) is 5.69 Å². The molecule has 0 radical (unpaired) electrons. The number of aromatic nitrogens is 2. The highest BCUT2D eigenvalue weighted by atomic mass is 16.5. The molecule has 4 nitrogen and oxygen atoms in total. The topological polar surface area (TPSA) is 44.1 Å².